The molecule has 0 bridgehead atoms. The van der Waals surface area contributed by atoms with E-state index < -0.39 is 0 Å². The monoisotopic (exact) mass is 376 g/mol. The topological polar surface area (TPSA) is 29.5 Å². The molecule has 0 spiro atoms. The summed E-state index contributed by atoms with van der Waals surface area (Å²) >= 11 is 0. The summed E-state index contributed by atoms with van der Waals surface area (Å²) in [5.74, 6) is 2.62. The smallest absolute Gasteiger partial charge is 0.0922 e. The number of hydrogen-bond donors (Lipinski definition) is 1. The van der Waals surface area contributed by atoms with Crippen LogP contribution in [-0.2, 0) is 11.3 Å². The molecular weight excluding hydrogens is 339 g/mol. The summed E-state index contributed by atoms with van der Waals surface area (Å²) in [4.78, 5) is 0. The molecule has 1 aromatic carbocycles. The molecule has 1 N–H and O–H groups in total. The second-order valence-corrected chi connectivity index (χ2v) is 9.09. The largest absolute Gasteiger partial charge is 0.396 e. The lowest BCUT2D eigenvalue weighted by Crippen LogP contribution is -2.27. The molecule has 3 rings (SSSR count). The molecular formula is C24H37FO2. The first-order valence-electron chi connectivity index (χ1n) is 11.0. The van der Waals surface area contributed by atoms with Crippen LogP contribution < -0.4 is 0 Å². The maximum Gasteiger partial charge on any atom is 0.0922 e. The number of halogens is 1. The van der Waals surface area contributed by atoms with Gasteiger partial charge in [0.25, 0.3) is 0 Å². The molecule has 0 amide bonds. The Hall–Kier alpha value is -0.930. The summed E-state index contributed by atoms with van der Waals surface area (Å²) in [7, 11) is 0. The highest BCUT2D eigenvalue weighted by Crippen LogP contribution is 2.36. The van der Waals surface area contributed by atoms with Crippen LogP contribution in [-0.4, -0.2) is 25.0 Å². The van der Waals surface area contributed by atoms with E-state index >= 15 is 0 Å². The zero-order valence-corrected chi connectivity index (χ0v) is 16.9. The van der Waals surface area contributed by atoms with E-state index in [4.69, 9.17) is 4.74 Å². The van der Waals surface area contributed by atoms with Crippen molar-refractivity contribution in [2.45, 2.75) is 70.8 Å². The third-order valence-electron chi connectivity index (χ3n) is 7.08. The summed E-state index contributed by atoms with van der Waals surface area (Å²) in [6.07, 6.45) is 9.31. The third-order valence-corrected chi connectivity index (χ3v) is 7.08. The second-order valence-electron chi connectivity index (χ2n) is 9.09. The summed E-state index contributed by atoms with van der Waals surface area (Å²) in [6, 6.07) is 8.80. The van der Waals surface area contributed by atoms with E-state index in [9.17, 15) is 9.50 Å². The van der Waals surface area contributed by atoms with Gasteiger partial charge < -0.3 is 9.84 Å². The Morgan fingerprint density at radius 2 is 1.67 bits per heavy atom. The van der Waals surface area contributed by atoms with Crippen molar-refractivity contribution in [2.75, 3.05) is 19.9 Å². The van der Waals surface area contributed by atoms with E-state index in [1.54, 1.807) is 0 Å². The lowest BCUT2D eigenvalue weighted by molar-refractivity contribution is 0.0256. The van der Waals surface area contributed by atoms with Gasteiger partial charge in [-0.1, -0.05) is 44.0 Å². The molecule has 1 atom stereocenters. The standard InChI is InChI=1S/C24H37FO2/c1-18-2-8-23(9-3-18)24(15-26)17-27-16-20-6-12-22(13-7-20)21-10-4-19(14-25)5-11-21/h6-7,12-13,18-19,21,23-24,26H,2-5,8-11,14-17H2,1H3. The fraction of sp³-hybridized carbons (Fsp3) is 0.750. The van der Waals surface area contributed by atoms with Gasteiger partial charge in [0.2, 0.25) is 0 Å². The number of hydrogen-bond acceptors (Lipinski definition) is 2. The Labute approximate surface area is 164 Å². The van der Waals surface area contributed by atoms with Crippen LogP contribution in [0.25, 0.3) is 0 Å². The molecule has 0 saturated heterocycles. The Morgan fingerprint density at radius 3 is 2.26 bits per heavy atom. The summed E-state index contributed by atoms with van der Waals surface area (Å²) in [5, 5.41) is 9.76. The van der Waals surface area contributed by atoms with Crippen molar-refractivity contribution < 1.29 is 14.2 Å². The van der Waals surface area contributed by atoms with Crippen molar-refractivity contribution in [1.82, 2.24) is 0 Å². The van der Waals surface area contributed by atoms with Crippen LogP contribution in [0.4, 0.5) is 4.39 Å². The molecule has 0 aliphatic heterocycles. The zero-order valence-electron chi connectivity index (χ0n) is 16.9. The van der Waals surface area contributed by atoms with Crippen molar-refractivity contribution in [3.8, 4) is 0 Å². The number of aliphatic hydroxyl groups excluding tert-OH is 1. The van der Waals surface area contributed by atoms with Crippen molar-refractivity contribution in [3.63, 3.8) is 0 Å². The highest BCUT2D eigenvalue weighted by molar-refractivity contribution is 5.25. The Kier molecular flexibility index (Phi) is 8.14. The van der Waals surface area contributed by atoms with Crippen LogP contribution in [0.15, 0.2) is 24.3 Å². The molecule has 1 unspecified atom stereocenters. The maximum atomic E-state index is 12.8. The first-order valence-corrected chi connectivity index (χ1v) is 11.0. The maximum absolute atomic E-state index is 12.8. The SMILES string of the molecule is CC1CCC(C(CO)COCc2ccc(C3CCC(CF)CC3)cc2)CC1. The minimum Gasteiger partial charge on any atom is -0.396 e. The third kappa shape index (κ3) is 6.02. The molecule has 2 fully saturated rings. The van der Waals surface area contributed by atoms with E-state index in [-0.39, 0.29) is 19.2 Å². The average molecular weight is 377 g/mol. The van der Waals surface area contributed by atoms with E-state index in [2.05, 4.69) is 31.2 Å². The van der Waals surface area contributed by atoms with Gasteiger partial charge >= 0.3 is 0 Å². The molecule has 152 valence electrons. The first-order chi connectivity index (χ1) is 13.2. The Bertz CT molecular complexity index is 528. The van der Waals surface area contributed by atoms with Crippen LogP contribution >= 0.6 is 0 Å². The van der Waals surface area contributed by atoms with E-state index in [1.807, 2.05) is 0 Å². The van der Waals surface area contributed by atoms with Crippen LogP contribution in [0.3, 0.4) is 0 Å². The molecule has 0 heterocycles. The number of ether oxygens (including phenoxy) is 1. The minimum absolute atomic E-state index is 0.155. The molecule has 2 aliphatic rings. The van der Waals surface area contributed by atoms with Gasteiger partial charge in [0, 0.05) is 12.5 Å². The lowest BCUT2D eigenvalue weighted by atomic mass is 9.77. The van der Waals surface area contributed by atoms with E-state index in [1.165, 1.54) is 36.8 Å². The quantitative estimate of drug-likeness (QED) is 0.614. The highest BCUT2D eigenvalue weighted by atomic mass is 19.1. The van der Waals surface area contributed by atoms with Gasteiger partial charge in [-0.3, -0.25) is 4.39 Å². The van der Waals surface area contributed by atoms with Crippen LogP contribution in [0.1, 0.15) is 75.3 Å². The lowest BCUT2D eigenvalue weighted by Gasteiger charge is -2.31. The van der Waals surface area contributed by atoms with Crippen molar-refractivity contribution in [3.05, 3.63) is 35.4 Å². The van der Waals surface area contributed by atoms with Gasteiger partial charge in [0.05, 0.1) is 19.9 Å². The summed E-state index contributed by atoms with van der Waals surface area (Å²) in [5.41, 5.74) is 2.59. The number of alkyl halides is 1. The van der Waals surface area contributed by atoms with E-state index in [0.29, 0.717) is 31.0 Å². The van der Waals surface area contributed by atoms with Crippen molar-refractivity contribution in [2.24, 2.45) is 23.7 Å². The number of rotatable bonds is 8. The number of aliphatic hydroxyl groups is 1. The van der Waals surface area contributed by atoms with Gasteiger partial charge in [-0.15, -0.1) is 0 Å². The van der Waals surface area contributed by atoms with Gasteiger partial charge in [0.15, 0.2) is 0 Å². The molecule has 1 aromatic rings. The van der Waals surface area contributed by atoms with Crippen molar-refractivity contribution >= 4 is 0 Å². The predicted octanol–water partition coefficient (Wildman–Crippen LogP) is 5.88. The minimum atomic E-state index is -0.155. The van der Waals surface area contributed by atoms with Gasteiger partial charge in [0.1, 0.15) is 0 Å². The predicted molar refractivity (Wildman–Crippen MR) is 108 cm³/mol. The van der Waals surface area contributed by atoms with Crippen molar-refractivity contribution in [1.29, 1.82) is 0 Å². The van der Waals surface area contributed by atoms with Crippen LogP contribution in [0.2, 0.25) is 0 Å². The highest BCUT2D eigenvalue weighted by Gasteiger charge is 2.26. The molecule has 2 nitrogen and oxygen atoms in total. The molecule has 0 aromatic heterocycles. The van der Waals surface area contributed by atoms with Gasteiger partial charge in [-0.2, -0.15) is 0 Å². The molecule has 2 aliphatic carbocycles. The van der Waals surface area contributed by atoms with Crippen LogP contribution in [0.5, 0.6) is 0 Å². The molecule has 2 saturated carbocycles. The molecule has 27 heavy (non-hydrogen) atoms. The van der Waals surface area contributed by atoms with E-state index in [0.717, 1.165) is 31.6 Å². The molecule has 3 heteroatoms. The first kappa shape index (κ1) is 20.8. The second kappa shape index (κ2) is 10.6. The van der Waals surface area contributed by atoms with Gasteiger partial charge in [-0.25, -0.2) is 0 Å². The fourth-order valence-corrected chi connectivity index (χ4v) is 4.96. The zero-order chi connectivity index (χ0) is 19.1. The molecule has 0 radical (unpaired) electrons. The van der Waals surface area contributed by atoms with Crippen LogP contribution in [0, 0.1) is 23.7 Å². The summed E-state index contributed by atoms with van der Waals surface area (Å²) < 4.78 is 18.7. The Morgan fingerprint density at radius 1 is 1.00 bits per heavy atom. The average Bonchev–Trinajstić information content (AvgIpc) is 2.73. The number of benzene rings is 1. The fourth-order valence-electron chi connectivity index (χ4n) is 4.96. The Balaban J connectivity index is 1.42. The summed E-state index contributed by atoms with van der Waals surface area (Å²) in [6.45, 7) is 3.69. The normalized spacial score (nSPS) is 30.2. The van der Waals surface area contributed by atoms with Gasteiger partial charge in [-0.05, 0) is 73.3 Å².